The number of hydrogen-bond donors (Lipinski definition) is 1. The van der Waals surface area contributed by atoms with Gasteiger partial charge in [0.05, 0.1) is 4.90 Å². The van der Waals surface area contributed by atoms with Gasteiger partial charge in [-0.2, -0.15) is 0 Å². The number of halogens is 1. The van der Waals surface area contributed by atoms with Crippen LogP contribution in [0, 0.1) is 6.92 Å². The lowest BCUT2D eigenvalue weighted by Crippen LogP contribution is -2.35. The summed E-state index contributed by atoms with van der Waals surface area (Å²) >= 11 is 3.29. The van der Waals surface area contributed by atoms with Crippen LogP contribution in [0.15, 0.2) is 29.2 Å². The van der Waals surface area contributed by atoms with Crippen molar-refractivity contribution in [3.05, 3.63) is 29.8 Å². The minimum Gasteiger partial charge on any atom is -0.207 e. The maximum atomic E-state index is 11.9. The molecule has 0 heterocycles. The maximum absolute atomic E-state index is 11.9. The van der Waals surface area contributed by atoms with Gasteiger partial charge < -0.3 is 0 Å². The molecule has 0 aliphatic carbocycles. The molecule has 5 heteroatoms. The highest BCUT2D eigenvalue weighted by atomic mass is 79.9. The third kappa shape index (κ3) is 3.57. The van der Waals surface area contributed by atoms with Crippen molar-refractivity contribution in [3.8, 4) is 0 Å². The third-order valence-electron chi connectivity index (χ3n) is 2.33. The molecular weight excluding hydrogens is 290 g/mol. The van der Waals surface area contributed by atoms with E-state index < -0.39 is 10.0 Å². The summed E-state index contributed by atoms with van der Waals surface area (Å²) in [4.78, 5) is 0.317. The molecule has 1 N–H and O–H groups in total. The second-order valence-electron chi connectivity index (χ2n) is 3.69. The number of hydrogen-bond acceptors (Lipinski definition) is 2. The standard InChI is InChI=1S/C11H16BrNO2S/c1-3-10(8-12)13-16(14,15)11-6-4-9(2)5-7-11/h4-7,10,13H,3,8H2,1-2H3. The van der Waals surface area contributed by atoms with E-state index in [0.29, 0.717) is 10.2 Å². The highest BCUT2D eigenvalue weighted by Crippen LogP contribution is 2.11. The summed E-state index contributed by atoms with van der Waals surface area (Å²) in [5.74, 6) is 0. The zero-order chi connectivity index (χ0) is 12.2. The number of rotatable bonds is 5. The van der Waals surface area contributed by atoms with E-state index in [1.165, 1.54) is 0 Å². The minimum atomic E-state index is -3.38. The fourth-order valence-corrected chi connectivity index (χ4v) is 3.38. The second kappa shape index (κ2) is 5.80. The SMILES string of the molecule is CCC(CBr)NS(=O)(=O)c1ccc(C)cc1. The number of nitrogens with one attached hydrogen (secondary N) is 1. The Morgan fingerprint density at radius 3 is 2.31 bits per heavy atom. The van der Waals surface area contributed by atoms with Crippen LogP contribution in [0.25, 0.3) is 0 Å². The van der Waals surface area contributed by atoms with Crippen molar-refractivity contribution in [1.82, 2.24) is 4.72 Å². The quantitative estimate of drug-likeness (QED) is 0.849. The van der Waals surface area contributed by atoms with Gasteiger partial charge in [0.25, 0.3) is 0 Å². The van der Waals surface area contributed by atoms with E-state index in [0.717, 1.165) is 12.0 Å². The molecule has 1 aromatic rings. The van der Waals surface area contributed by atoms with Crippen molar-refractivity contribution in [2.45, 2.75) is 31.2 Å². The van der Waals surface area contributed by atoms with Gasteiger partial charge >= 0.3 is 0 Å². The molecule has 0 spiro atoms. The Bertz CT molecular complexity index is 424. The summed E-state index contributed by atoms with van der Waals surface area (Å²) in [6, 6.07) is 6.77. The molecule has 0 aromatic heterocycles. The Kier molecular flexibility index (Phi) is 4.95. The van der Waals surface area contributed by atoms with Gasteiger partial charge in [-0.15, -0.1) is 0 Å². The lowest BCUT2D eigenvalue weighted by molar-refractivity contribution is 0.559. The topological polar surface area (TPSA) is 46.2 Å². The van der Waals surface area contributed by atoms with Crippen molar-refractivity contribution < 1.29 is 8.42 Å². The summed E-state index contributed by atoms with van der Waals surface area (Å²) in [7, 11) is -3.38. The predicted molar refractivity (Wildman–Crippen MR) is 69.4 cm³/mol. The first-order valence-electron chi connectivity index (χ1n) is 5.14. The highest BCUT2D eigenvalue weighted by molar-refractivity contribution is 9.09. The average Bonchev–Trinajstić information content (AvgIpc) is 2.26. The van der Waals surface area contributed by atoms with Crippen molar-refractivity contribution in [3.63, 3.8) is 0 Å². The molecule has 0 fully saturated rings. The van der Waals surface area contributed by atoms with Gasteiger partial charge in [-0.1, -0.05) is 40.5 Å². The highest BCUT2D eigenvalue weighted by Gasteiger charge is 2.17. The summed E-state index contributed by atoms with van der Waals surface area (Å²) in [6.07, 6.45) is 0.760. The van der Waals surface area contributed by atoms with E-state index >= 15 is 0 Å². The fraction of sp³-hybridized carbons (Fsp3) is 0.455. The first-order chi connectivity index (χ1) is 7.49. The van der Waals surface area contributed by atoms with Crippen LogP contribution in [0.4, 0.5) is 0 Å². The first-order valence-corrected chi connectivity index (χ1v) is 7.75. The van der Waals surface area contributed by atoms with Crippen molar-refractivity contribution in [2.24, 2.45) is 0 Å². The maximum Gasteiger partial charge on any atom is 0.240 e. The molecule has 1 unspecified atom stereocenters. The van der Waals surface area contributed by atoms with Crippen molar-refractivity contribution >= 4 is 26.0 Å². The van der Waals surface area contributed by atoms with Crippen molar-refractivity contribution in [2.75, 3.05) is 5.33 Å². The predicted octanol–water partition coefficient (Wildman–Crippen LogP) is 2.45. The third-order valence-corrected chi connectivity index (χ3v) is 4.65. The molecule has 16 heavy (non-hydrogen) atoms. The van der Waals surface area contributed by atoms with Gasteiger partial charge in [-0.3, -0.25) is 0 Å². The lowest BCUT2D eigenvalue weighted by atomic mass is 10.2. The normalized spacial score (nSPS) is 13.7. The number of aryl methyl sites for hydroxylation is 1. The molecule has 0 saturated heterocycles. The molecule has 0 saturated carbocycles. The lowest BCUT2D eigenvalue weighted by Gasteiger charge is -2.14. The fourth-order valence-electron chi connectivity index (χ4n) is 1.23. The molecular formula is C11H16BrNO2S. The molecule has 1 atom stereocenters. The van der Waals surface area contributed by atoms with Gasteiger partial charge in [-0.25, -0.2) is 13.1 Å². The largest absolute Gasteiger partial charge is 0.240 e. The molecule has 0 bridgehead atoms. The van der Waals surface area contributed by atoms with Crippen LogP contribution < -0.4 is 4.72 Å². The van der Waals surface area contributed by atoms with Gasteiger partial charge in [0.1, 0.15) is 0 Å². The second-order valence-corrected chi connectivity index (χ2v) is 6.06. The molecule has 0 radical (unpaired) electrons. The number of alkyl halides is 1. The smallest absolute Gasteiger partial charge is 0.207 e. The van der Waals surface area contributed by atoms with E-state index in [2.05, 4.69) is 20.7 Å². The Balaban J connectivity index is 2.89. The summed E-state index contributed by atoms with van der Waals surface area (Å²) in [5, 5.41) is 0.620. The van der Waals surface area contributed by atoms with Crippen LogP contribution in [0.5, 0.6) is 0 Å². The van der Waals surface area contributed by atoms with E-state index in [9.17, 15) is 8.42 Å². The van der Waals surface area contributed by atoms with E-state index in [-0.39, 0.29) is 6.04 Å². The molecule has 1 rings (SSSR count). The zero-order valence-corrected chi connectivity index (χ0v) is 11.8. The van der Waals surface area contributed by atoms with Gasteiger partial charge in [0, 0.05) is 11.4 Å². The molecule has 0 aliphatic heterocycles. The van der Waals surface area contributed by atoms with Crippen LogP contribution in [0.3, 0.4) is 0 Å². The van der Waals surface area contributed by atoms with Gasteiger partial charge in [0.15, 0.2) is 0 Å². The summed E-state index contributed by atoms with van der Waals surface area (Å²) < 4.78 is 26.5. The van der Waals surface area contributed by atoms with Crippen molar-refractivity contribution in [1.29, 1.82) is 0 Å². The Morgan fingerprint density at radius 1 is 1.31 bits per heavy atom. The van der Waals surface area contributed by atoms with E-state index in [4.69, 9.17) is 0 Å². The molecule has 3 nitrogen and oxygen atoms in total. The Labute approximate surface area is 105 Å². The van der Waals surface area contributed by atoms with Gasteiger partial charge in [-0.05, 0) is 25.5 Å². The molecule has 0 aliphatic rings. The van der Waals surface area contributed by atoms with Crippen LogP contribution in [0.2, 0.25) is 0 Å². The molecule has 90 valence electrons. The van der Waals surface area contributed by atoms with Crippen LogP contribution in [0.1, 0.15) is 18.9 Å². The minimum absolute atomic E-state index is 0.0636. The van der Waals surface area contributed by atoms with Crippen LogP contribution in [-0.4, -0.2) is 19.8 Å². The zero-order valence-electron chi connectivity index (χ0n) is 9.40. The van der Waals surface area contributed by atoms with E-state index in [1.807, 2.05) is 13.8 Å². The Morgan fingerprint density at radius 2 is 1.88 bits per heavy atom. The number of benzene rings is 1. The summed E-state index contributed by atoms with van der Waals surface area (Å²) in [6.45, 7) is 3.88. The Hall–Kier alpha value is -0.390. The average molecular weight is 306 g/mol. The first kappa shape index (κ1) is 13.7. The molecule has 0 amide bonds. The summed E-state index contributed by atoms with van der Waals surface area (Å²) in [5.41, 5.74) is 1.05. The van der Waals surface area contributed by atoms with Gasteiger partial charge in [0.2, 0.25) is 10.0 Å². The number of sulfonamides is 1. The monoisotopic (exact) mass is 305 g/mol. The van der Waals surface area contributed by atoms with E-state index in [1.54, 1.807) is 24.3 Å². The van der Waals surface area contributed by atoms with Crippen LogP contribution in [-0.2, 0) is 10.0 Å². The molecule has 1 aromatic carbocycles. The van der Waals surface area contributed by atoms with Crippen LogP contribution >= 0.6 is 15.9 Å².